The first kappa shape index (κ1) is 14.4. The smallest absolute Gasteiger partial charge is 0.126 e. The largest absolute Gasteiger partial charge is 0.493 e. The standard InChI is InChI=1S/C18H19ClO2/c1-2-12-3-5-13(6-4-12)17(20)11-15-10-16(19)9-14-7-8-21-18(14)15/h3-6,9-10,17,20H,2,7-8,11H2,1H3. The minimum absolute atomic E-state index is 0.522. The van der Waals surface area contributed by atoms with E-state index in [2.05, 4.69) is 19.1 Å². The first-order chi connectivity index (χ1) is 10.2. The number of ether oxygens (including phenoxy) is 1. The van der Waals surface area contributed by atoms with Crippen molar-refractivity contribution >= 4 is 11.6 Å². The lowest BCUT2D eigenvalue weighted by molar-refractivity contribution is 0.177. The van der Waals surface area contributed by atoms with Crippen LogP contribution in [0.2, 0.25) is 5.02 Å². The lowest BCUT2D eigenvalue weighted by atomic mass is 9.98. The number of benzene rings is 2. The molecule has 2 aromatic rings. The SMILES string of the molecule is CCc1ccc(C(O)Cc2cc(Cl)cc3c2OCC3)cc1. The first-order valence-corrected chi connectivity index (χ1v) is 7.76. The summed E-state index contributed by atoms with van der Waals surface area (Å²) in [5.74, 6) is 0.906. The van der Waals surface area contributed by atoms with Crippen molar-refractivity contribution in [2.75, 3.05) is 6.61 Å². The zero-order valence-electron chi connectivity index (χ0n) is 12.1. The highest BCUT2D eigenvalue weighted by molar-refractivity contribution is 6.30. The Kier molecular flexibility index (Phi) is 4.18. The Morgan fingerprint density at radius 3 is 2.71 bits per heavy atom. The third-order valence-corrected chi connectivity index (χ3v) is 4.23. The molecule has 1 aliphatic heterocycles. The minimum Gasteiger partial charge on any atom is -0.493 e. The van der Waals surface area contributed by atoms with E-state index in [1.54, 1.807) is 0 Å². The van der Waals surface area contributed by atoms with Gasteiger partial charge in [0.15, 0.2) is 0 Å². The van der Waals surface area contributed by atoms with E-state index in [1.165, 1.54) is 5.56 Å². The van der Waals surface area contributed by atoms with Gasteiger partial charge in [0.05, 0.1) is 12.7 Å². The van der Waals surface area contributed by atoms with Crippen LogP contribution in [0, 0.1) is 0 Å². The Hall–Kier alpha value is -1.51. The average Bonchev–Trinajstić information content (AvgIpc) is 2.95. The molecule has 110 valence electrons. The Labute approximate surface area is 130 Å². The summed E-state index contributed by atoms with van der Waals surface area (Å²) in [7, 11) is 0. The van der Waals surface area contributed by atoms with Crippen molar-refractivity contribution in [3.05, 3.63) is 63.7 Å². The molecule has 3 heteroatoms. The highest BCUT2D eigenvalue weighted by atomic mass is 35.5. The lowest BCUT2D eigenvalue weighted by Crippen LogP contribution is -2.03. The van der Waals surface area contributed by atoms with Crippen molar-refractivity contribution in [1.29, 1.82) is 0 Å². The Balaban J connectivity index is 1.82. The van der Waals surface area contributed by atoms with E-state index < -0.39 is 6.10 Å². The van der Waals surface area contributed by atoms with Crippen LogP contribution in [0.5, 0.6) is 5.75 Å². The summed E-state index contributed by atoms with van der Waals surface area (Å²) in [6, 6.07) is 12.0. The van der Waals surface area contributed by atoms with Crippen molar-refractivity contribution in [2.24, 2.45) is 0 Å². The molecule has 1 N–H and O–H groups in total. The highest BCUT2D eigenvalue weighted by Gasteiger charge is 2.20. The summed E-state index contributed by atoms with van der Waals surface area (Å²) in [6.07, 6.45) is 1.88. The molecule has 0 fully saturated rings. The number of aliphatic hydroxyl groups excluding tert-OH is 1. The maximum absolute atomic E-state index is 10.5. The van der Waals surface area contributed by atoms with Crippen LogP contribution in [0.4, 0.5) is 0 Å². The summed E-state index contributed by atoms with van der Waals surface area (Å²) in [4.78, 5) is 0. The van der Waals surface area contributed by atoms with Crippen molar-refractivity contribution in [3.8, 4) is 5.75 Å². The van der Waals surface area contributed by atoms with Crippen LogP contribution in [0.3, 0.4) is 0 Å². The van der Waals surface area contributed by atoms with Gasteiger partial charge in [-0.3, -0.25) is 0 Å². The average molecular weight is 303 g/mol. The fourth-order valence-corrected chi connectivity index (χ4v) is 3.06. The molecule has 0 bridgehead atoms. The van der Waals surface area contributed by atoms with Crippen LogP contribution < -0.4 is 4.74 Å². The van der Waals surface area contributed by atoms with Gasteiger partial charge in [0.2, 0.25) is 0 Å². The molecule has 1 aliphatic rings. The molecule has 0 amide bonds. The number of aryl methyl sites for hydroxylation is 1. The highest BCUT2D eigenvalue weighted by Crippen LogP contribution is 2.35. The van der Waals surface area contributed by atoms with E-state index in [4.69, 9.17) is 16.3 Å². The Morgan fingerprint density at radius 2 is 2.00 bits per heavy atom. The van der Waals surface area contributed by atoms with Gasteiger partial charge in [0.25, 0.3) is 0 Å². The fourth-order valence-electron chi connectivity index (χ4n) is 2.80. The molecule has 2 aromatic carbocycles. The summed E-state index contributed by atoms with van der Waals surface area (Å²) >= 11 is 6.16. The summed E-state index contributed by atoms with van der Waals surface area (Å²) in [5.41, 5.74) is 4.34. The van der Waals surface area contributed by atoms with Crippen LogP contribution in [0.25, 0.3) is 0 Å². The van der Waals surface area contributed by atoms with E-state index in [-0.39, 0.29) is 0 Å². The number of hydrogen-bond donors (Lipinski definition) is 1. The third kappa shape index (κ3) is 3.07. The normalized spacial score (nSPS) is 14.6. The van der Waals surface area contributed by atoms with E-state index in [0.717, 1.165) is 35.3 Å². The minimum atomic E-state index is -0.539. The monoisotopic (exact) mass is 302 g/mol. The topological polar surface area (TPSA) is 29.5 Å². The maximum Gasteiger partial charge on any atom is 0.126 e. The molecule has 0 saturated carbocycles. The quantitative estimate of drug-likeness (QED) is 0.921. The van der Waals surface area contributed by atoms with Gasteiger partial charge < -0.3 is 9.84 Å². The van der Waals surface area contributed by atoms with Crippen LogP contribution in [0.15, 0.2) is 36.4 Å². The fraction of sp³-hybridized carbons (Fsp3) is 0.333. The third-order valence-electron chi connectivity index (χ3n) is 4.01. The maximum atomic E-state index is 10.5. The molecule has 0 aromatic heterocycles. The predicted octanol–water partition coefficient (Wildman–Crippen LogP) is 4.11. The molecule has 0 radical (unpaired) electrons. The second kappa shape index (κ2) is 6.08. The molecule has 0 aliphatic carbocycles. The Morgan fingerprint density at radius 1 is 1.24 bits per heavy atom. The molecule has 1 heterocycles. The van der Waals surface area contributed by atoms with Crippen LogP contribution in [0.1, 0.15) is 35.3 Å². The summed E-state index contributed by atoms with van der Waals surface area (Å²) in [6.45, 7) is 2.82. The van der Waals surface area contributed by atoms with Gasteiger partial charge in [0, 0.05) is 17.9 Å². The zero-order chi connectivity index (χ0) is 14.8. The second-order valence-electron chi connectivity index (χ2n) is 5.47. The molecule has 3 rings (SSSR count). The second-order valence-corrected chi connectivity index (χ2v) is 5.90. The van der Waals surface area contributed by atoms with Crippen molar-refractivity contribution in [2.45, 2.75) is 32.3 Å². The molecule has 2 nitrogen and oxygen atoms in total. The van der Waals surface area contributed by atoms with Gasteiger partial charge in [-0.15, -0.1) is 0 Å². The molecule has 1 unspecified atom stereocenters. The zero-order valence-corrected chi connectivity index (χ0v) is 12.9. The van der Waals surface area contributed by atoms with Gasteiger partial charge in [-0.25, -0.2) is 0 Å². The van der Waals surface area contributed by atoms with Crippen LogP contribution >= 0.6 is 11.6 Å². The van der Waals surface area contributed by atoms with E-state index in [1.807, 2.05) is 24.3 Å². The van der Waals surface area contributed by atoms with Crippen LogP contribution in [-0.4, -0.2) is 11.7 Å². The van der Waals surface area contributed by atoms with Gasteiger partial charge in [0.1, 0.15) is 5.75 Å². The molecule has 1 atom stereocenters. The predicted molar refractivity (Wildman–Crippen MR) is 85.1 cm³/mol. The van der Waals surface area contributed by atoms with Crippen LogP contribution in [-0.2, 0) is 19.3 Å². The van der Waals surface area contributed by atoms with Crippen molar-refractivity contribution in [1.82, 2.24) is 0 Å². The molecule has 0 spiro atoms. The molecule has 0 saturated heterocycles. The summed E-state index contributed by atoms with van der Waals surface area (Å²) in [5, 5.41) is 11.2. The van der Waals surface area contributed by atoms with Gasteiger partial charge >= 0.3 is 0 Å². The van der Waals surface area contributed by atoms with E-state index in [0.29, 0.717) is 18.1 Å². The van der Waals surface area contributed by atoms with Crippen molar-refractivity contribution in [3.63, 3.8) is 0 Å². The lowest BCUT2D eigenvalue weighted by Gasteiger charge is -2.14. The number of halogens is 1. The molecular formula is C18H19ClO2. The number of rotatable bonds is 4. The van der Waals surface area contributed by atoms with E-state index >= 15 is 0 Å². The number of hydrogen-bond acceptors (Lipinski definition) is 2. The molecule has 21 heavy (non-hydrogen) atoms. The van der Waals surface area contributed by atoms with Gasteiger partial charge in [-0.1, -0.05) is 42.8 Å². The number of fused-ring (bicyclic) bond motifs is 1. The number of aliphatic hydroxyl groups is 1. The molecular weight excluding hydrogens is 284 g/mol. The summed E-state index contributed by atoms with van der Waals surface area (Å²) < 4.78 is 5.69. The first-order valence-electron chi connectivity index (χ1n) is 7.38. The van der Waals surface area contributed by atoms with Crippen molar-refractivity contribution < 1.29 is 9.84 Å². The van der Waals surface area contributed by atoms with Gasteiger partial charge in [-0.2, -0.15) is 0 Å². The Bertz CT molecular complexity index is 634. The van der Waals surface area contributed by atoms with E-state index in [9.17, 15) is 5.11 Å². The van der Waals surface area contributed by atoms with Gasteiger partial charge in [-0.05, 0) is 40.8 Å².